The van der Waals surface area contributed by atoms with Gasteiger partial charge in [-0.3, -0.25) is 14.3 Å². The second-order valence-corrected chi connectivity index (χ2v) is 8.39. The smallest absolute Gasteiger partial charge is 0.230 e. The molecule has 2 aromatic heterocycles. The molecular weight excluding hydrogens is 398 g/mol. The van der Waals surface area contributed by atoms with Crippen LogP contribution in [-0.2, 0) is 11.3 Å². The Labute approximate surface area is 180 Å². The van der Waals surface area contributed by atoms with E-state index in [1.54, 1.807) is 6.26 Å². The molecule has 1 saturated heterocycles. The van der Waals surface area contributed by atoms with Crippen LogP contribution in [0.4, 0.5) is 0 Å². The van der Waals surface area contributed by atoms with Crippen molar-refractivity contribution in [2.45, 2.75) is 44.1 Å². The number of nitrogens with one attached hydrogen (secondary N) is 1. The lowest BCUT2D eigenvalue weighted by Gasteiger charge is -2.24. The van der Waals surface area contributed by atoms with Crippen molar-refractivity contribution in [3.05, 3.63) is 54.3 Å². The molecule has 1 aliphatic rings. The van der Waals surface area contributed by atoms with Crippen molar-refractivity contribution in [3.8, 4) is 11.6 Å². The van der Waals surface area contributed by atoms with Gasteiger partial charge in [0, 0.05) is 31.7 Å². The molecule has 0 spiro atoms. The molecule has 158 valence electrons. The predicted octanol–water partition coefficient (Wildman–Crippen LogP) is 3.60. The molecule has 3 heterocycles. The highest BCUT2D eigenvalue weighted by molar-refractivity contribution is 7.99. The van der Waals surface area contributed by atoms with E-state index in [-0.39, 0.29) is 11.9 Å². The summed E-state index contributed by atoms with van der Waals surface area (Å²) in [6, 6.07) is 14.7. The fourth-order valence-electron chi connectivity index (χ4n) is 3.87. The van der Waals surface area contributed by atoms with E-state index in [1.807, 2.05) is 29.7 Å². The molecule has 30 heavy (non-hydrogen) atoms. The first kappa shape index (κ1) is 20.7. The molecule has 4 rings (SSSR count). The number of aromatic nitrogens is 3. The maximum atomic E-state index is 12.5. The summed E-state index contributed by atoms with van der Waals surface area (Å²) in [5.74, 6) is 1.72. The Bertz CT molecular complexity index is 957. The van der Waals surface area contributed by atoms with Crippen molar-refractivity contribution in [3.63, 3.8) is 0 Å². The molecule has 1 fully saturated rings. The van der Waals surface area contributed by atoms with Gasteiger partial charge in [-0.25, -0.2) is 0 Å². The number of amides is 1. The van der Waals surface area contributed by atoms with Crippen LogP contribution in [0.1, 0.15) is 31.9 Å². The fraction of sp³-hybridized carbons (Fsp3) is 0.409. The Kier molecular flexibility index (Phi) is 6.54. The van der Waals surface area contributed by atoms with Crippen LogP contribution in [0.25, 0.3) is 11.6 Å². The molecular formula is C22H27N5O2S. The zero-order valence-corrected chi connectivity index (χ0v) is 18.1. The number of hydrogen-bond acceptors (Lipinski definition) is 6. The first-order valence-corrected chi connectivity index (χ1v) is 11.3. The van der Waals surface area contributed by atoms with Crippen LogP contribution < -0.4 is 5.32 Å². The minimum atomic E-state index is 0.0319. The molecule has 2 atom stereocenters. The van der Waals surface area contributed by atoms with E-state index in [4.69, 9.17) is 4.42 Å². The van der Waals surface area contributed by atoms with E-state index in [0.717, 1.165) is 24.7 Å². The third-order valence-corrected chi connectivity index (χ3v) is 6.49. The van der Waals surface area contributed by atoms with Gasteiger partial charge in [-0.1, -0.05) is 42.1 Å². The van der Waals surface area contributed by atoms with Gasteiger partial charge in [-0.05, 0) is 38.0 Å². The number of furan rings is 1. The summed E-state index contributed by atoms with van der Waals surface area (Å²) in [7, 11) is 0. The lowest BCUT2D eigenvalue weighted by atomic mass is 10.1. The Morgan fingerprint density at radius 2 is 2.10 bits per heavy atom. The van der Waals surface area contributed by atoms with Crippen LogP contribution in [-0.4, -0.2) is 50.5 Å². The monoisotopic (exact) mass is 425 g/mol. The first-order chi connectivity index (χ1) is 14.7. The van der Waals surface area contributed by atoms with Crippen LogP contribution in [0.2, 0.25) is 0 Å². The Balaban J connectivity index is 1.29. The predicted molar refractivity (Wildman–Crippen MR) is 117 cm³/mol. The lowest BCUT2D eigenvalue weighted by molar-refractivity contribution is -0.119. The molecule has 0 aliphatic carbocycles. The van der Waals surface area contributed by atoms with Gasteiger partial charge >= 0.3 is 0 Å². The minimum absolute atomic E-state index is 0.0319. The highest BCUT2D eigenvalue weighted by atomic mass is 32.2. The zero-order valence-electron chi connectivity index (χ0n) is 17.3. The number of benzene rings is 1. The molecule has 1 N–H and O–H groups in total. The molecule has 2 unspecified atom stereocenters. The zero-order chi connectivity index (χ0) is 20.9. The van der Waals surface area contributed by atoms with Crippen molar-refractivity contribution in [1.29, 1.82) is 0 Å². The summed E-state index contributed by atoms with van der Waals surface area (Å²) in [4.78, 5) is 15.0. The second kappa shape index (κ2) is 9.49. The van der Waals surface area contributed by atoms with E-state index in [1.165, 1.54) is 17.3 Å². The number of carbonyl (C=O) groups excluding carboxylic acids is 1. The minimum Gasteiger partial charge on any atom is -0.461 e. The number of nitrogens with zero attached hydrogens (tertiary/aromatic N) is 4. The number of carbonyl (C=O) groups is 1. The van der Waals surface area contributed by atoms with E-state index in [0.29, 0.717) is 29.9 Å². The van der Waals surface area contributed by atoms with Crippen LogP contribution >= 0.6 is 11.8 Å². The highest BCUT2D eigenvalue weighted by Crippen LogP contribution is 2.26. The van der Waals surface area contributed by atoms with Gasteiger partial charge in [0.25, 0.3) is 0 Å². The van der Waals surface area contributed by atoms with Gasteiger partial charge in [-0.15, -0.1) is 10.2 Å². The molecule has 0 saturated carbocycles. The highest BCUT2D eigenvalue weighted by Gasteiger charge is 2.28. The summed E-state index contributed by atoms with van der Waals surface area (Å²) in [6.45, 7) is 6.83. The Morgan fingerprint density at radius 3 is 2.83 bits per heavy atom. The number of rotatable bonds is 8. The third kappa shape index (κ3) is 4.60. The normalized spacial score (nSPS) is 17.9. The maximum absolute atomic E-state index is 12.5. The fourth-order valence-corrected chi connectivity index (χ4v) is 4.68. The van der Waals surface area contributed by atoms with Crippen LogP contribution in [0.15, 0.2) is 58.3 Å². The maximum Gasteiger partial charge on any atom is 0.230 e. The Hall–Kier alpha value is -2.58. The largest absolute Gasteiger partial charge is 0.461 e. The number of hydrogen-bond donors (Lipinski definition) is 1. The summed E-state index contributed by atoms with van der Waals surface area (Å²) in [5, 5.41) is 12.4. The SMILES string of the molecule is CCn1c(SCC(=O)NC2CCN(C(C)c3ccccc3)C2)nnc1-c1ccco1. The number of thioether (sulfide) groups is 1. The standard InChI is InChI=1S/C22H27N5O2S/c1-3-27-21(19-10-7-13-29-19)24-25-22(27)30-15-20(28)23-18-11-12-26(14-18)16(2)17-8-5-4-6-9-17/h4-10,13,16,18H,3,11-12,14-15H2,1-2H3,(H,23,28). The molecule has 3 aromatic rings. The van der Waals surface area contributed by atoms with Gasteiger partial charge in [0.1, 0.15) is 0 Å². The van der Waals surface area contributed by atoms with Crippen LogP contribution in [0.3, 0.4) is 0 Å². The van der Waals surface area contributed by atoms with Crippen molar-refractivity contribution in [1.82, 2.24) is 25.0 Å². The molecule has 1 amide bonds. The van der Waals surface area contributed by atoms with Gasteiger partial charge in [0.2, 0.25) is 5.91 Å². The van der Waals surface area contributed by atoms with Crippen LogP contribution in [0.5, 0.6) is 0 Å². The third-order valence-electron chi connectivity index (χ3n) is 5.52. The van der Waals surface area contributed by atoms with Crippen LogP contribution in [0, 0.1) is 0 Å². The van der Waals surface area contributed by atoms with Gasteiger partial charge in [0.15, 0.2) is 16.7 Å². The molecule has 1 aromatic carbocycles. The lowest BCUT2D eigenvalue weighted by Crippen LogP contribution is -2.38. The molecule has 1 aliphatic heterocycles. The van der Waals surface area contributed by atoms with Crippen molar-refractivity contribution >= 4 is 17.7 Å². The van der Waals surface area contributed by atoms with Gasteiger partial charge in [0.05, 0.1) is 12.0 Å². The molecule has 0 radical (unpaired) electrons. The first-order valence-electron chi connectivity index (χ1n) is 10.3. The van der Waals surface area contributed by atoms with E-state index in [2.05, 4.69) is 51.6 Å². The summed E-state index contributed by atoms with van der Waals surface area (Å²) in [5.41, 5.74) is 1.31. The van der Waals surface area contributed by atoms with Gasteiger partial charge < -0.3 is 9.73 Å². The summed E-state index contributed by atoms with van der Waals surface area (Å²) < 4.78 is 7.40. The van der Waals surface area contributed by atoms with Crippen molar-refractivity contribution in [2.24, 2.45) is 0 Å². The Morgan fingerprint density at radius 1 is 1.27 bits per heavy atom. The van der Waals surface area contributed by atoms with E-state index >= 15 is 0 Å². The summed E-state index contributed by atoms with van der Waals surface area (Å²) in [6.07, 6.45) is 2.59. The topological polar surface area (TPSA) is 76.2 Å². The average Bonchev–Trinajstić information content (AvgIpc) is 3.52. The van der Waals surface area contributed by atoms with E-state index in [9.17, 15) is 4.79 Å². The van der Waals surface area contributed by atoms with E-state index < -0.39 is 0 Å². The molecule has 8 heteroatoms. The molecule has 7 nitrogen and oxygen atoms in total. The van der Waals surface area contributed by atoms with Crippen molar-refractivity contribution in [2.75, 3.05) is 18.8 Å². The molecule has 0 bridgehead atoms. The van der Waals surface area contributed by atoms with Gasteiger partial charge in [-0.2, -0.15) is 0 Å². The summed E-state index contributed by atoms with van der Waals surface area (Å²) >= 11 is 1.41. The van der Waals surface area contributed by atoms with Crippen molar-refractivity contribution < 1.29 is 9.21 Å². The number of likely N-dealkylation sites (tertiary alicyclic amines) is 1. The quantitative estimate of drug-likeness (QED) is 0.556. The second-order valence-electron chi connectivity index (χ2n) is 7.45. The average molecular weight is 426 g/mol.